The zero-order valence-electron chi connectivity index (χ0n) is 29.1. The van der Waals surface area contributed by atoms with E-state index in [0.717, 1.165) is 0 Å². The second-order valence-corrected chi connectivity index (χ2v) is 16.7. The third kappa shape index (κ3) is 21.9. The first-order valence-corrected chi connectivity index (χ1v) is 14.0. The van der Waals surface area contributed by atoms with E-state index in [1.165, 1.54) is 0 Å². The van der Waals surface area contributed by atoms with Gasteiger partial charge in [0, 0.05) is 36.9 Å². The molecule has 0 spiro atoms. The van der Waals surface area contributed by atoms with Crippen LogP contribution < -0.4 is 0 Å². The summed E-state index contributed by atoms with van der Waals surface area (Å²) in [5.74, 6) is 2.00. The Morgan fingerprint density at radius 1 is 0.275 bits per heavy atom. The second-order valence-electron chi connectivity index (χ2n) is 16.7. The van der Waals surface area contributed by atoms with Gasteiger partial charge in [0.2, 0.25) is 0 Å². The van der Waals surface area contributed by atoms with Crippen LogP contribution in [0.5, 0.6) is 0 Å². The van der Waals surface area contributed by atoms with Crippen LogP contribution >= 0.6 is 0 Å². The Balaban J connectivity index is -0.000000240. The molecule has 0 rings (SSSR count). The van der Waals surface area contributed by atoms with Gasteiger partial charge in [-0.3, -0.25) is 28.8 Å². The van der Waals surface area contributed by atoms with Crippen LogP contribution in [0.15, 0.2) is 0 Å². The van der Waals surface area contributed by atoms with Crippen molar-refractivity contribution in [3.8, 4) is 0 Å². The maximum Gasteiger partial charge on any atom is 0.311 e. The van der Waals surface area contributed by atoms with Crippen molar-refractivity contribution in [3.63, 3.8) is 0 Å². The van der Waals surface area contributed by atoms with Gasteiger partial charge in [0.05, 0.1) is 32.5 Å². The van der Waals surface area contributed by atoms with Crippen molar-refractivity contribution in [2.75, 3.05) is 0 Å². The Hall–Kier alpha value is -0.746. The van der Waals surface area contributed by atoms with E-state index in [1.807, 2.05) is 125 Å². The Kier molecular flexibility index (Phi) is 19.4. The van der Waals surface area contributed by atoms with Crippen molar-refractivity contribution in [1.29, 1.82) is 0 Å². The third-order valence-corrected chi connectivity index (χ3v) is 6.20. The van der Waals surface area contributed by atoms with Crippen LogP contribution in [-0.2, 0) is 0 Å². The van der Waals surface area contributed by atoms with E-state index < -0.39 is 0 Å². The van der Waals surface area contributed by atoms with Crippen LogP contribution in [0.4, 0.5) is 0 Å². The van der Waals surface area contributed by atoms with Crippen LogP contribution in [0.1, 0.15) is 144 Å². The minimum Gasteiger partial charge on any atom is -0.282 e. The largest absolute Gasteiger partial charge is 0.311 e. The Bertz CT molecular complexity index is 693. The van der Waals surface area contributed by atoms with Crippen LogP contribution in [-0.4, -0.2) is 63.5 Å². The van der Waals surface area contributed by atoms with Crippen molar-refractivity contribution in [3.05, 3.63) is 0 Å². The molecule has 0 saturated carbocycles. The number of carbonyl (C=O) groups excluding carboxylic acids is 6. The molecule has 0 atom stereocenters. The first-order chi connectivity index (χ1) is 16.6. The summed E-state index contributed by atoms with van der Waals surface area (Å²) in [6.45, 7) is 34.7. The monoisotopic (exact) mass is 727 g/mol. The third-order valence-electron chi connectivity index (χ3n) is 6.20. The SMILES string of the molecule is CC(C)(C)C(=[OH+])CC(=[OH+])C(C)(C)C.CC(C)(C)C(=[OH+])CC(=[OH+])C(C)(C)C.CC(C)(C)C(=[OH+])CC(=[OH+])C(C)(C)C.[Tm]. The molecule has 0 aromatic carbocycles. The molecule has 0 aliphatic carbocycles. The molecule has 0 aromatic rings. The van der Waals surface area contributed by atoms with Crippen LogP contribution in [0, 0.1) is 69.4 Å². The molecule has 0 unspecified atom stereocenters. The van der Waals surface area contributed by atoms with Gasteiger partial charge in [-0.2, -0.15) is 0 Å². The molecule has 0 aliphatic rings. The van der Waals surface area contributed by atoms with E-state index in [1.54, 1.807) is 0 Å². The van der Waals surface area contributed by atoms with Gasteiger partial charge in [-0.15, -0.1) is 0 Å². The zero-order chi connectivity index (χ0) is 32.6. The summed E-state index contributed by atoms with van der Waals surface area (Å²) in [5, 5.41) is 0. The van der Waals surface area contributed by atoms with Crippen LogP contribution in [0.25, 0.3) is 0 Å². The van der Waals surface area contributed by atoms with Crippen molar-refractivity contribution < 1.29 is 65.6 Å². The van der Waals surface area contributed by atoms with Gasteiger partial charge in [0.15, 0.2) is 19.3 Å². The molecule has 0 amide bonds. The molecule has 1 radical (unpaired) electrons. The van der Waals surface area contributed by atoms with Gasteiger partial charge >= 0.3 is 34.7 Å². The molecule has 6 N–H and O–H groups in total. The standard InChI is InChI=1S/3C11H20O2.Tm/c3*1-10(2,3)8(12)7-9(13)11(4,5)6;/h3*7H2,1-6H3;/p+6. The minimum absolute atomic E-state index is 0. The van der Waals surface area contributed by atoms with Crippen molar-refractivity contribution in [2.24, 2.45) is 32.5 Å². The number of rotatable bonds is 6. The Morgan fingerprint density at radius 2 is 0.350 bits per heavy atom. The second kappa shape index (κ2) is 16.8. The van der Waals surface area contributed by atoms with Gasteiger partial charge in [-0.1, -0.05) is 0 Å². The fraction of sp³-hybridized carbons (Fsp3) is 0.818. The molecule has 7 heteroatoms. The van der Waals surface area contributed by atoms with E-state index in [9.17, 15) is 28.8 Å². The normalized spacial score (nSPS) is 12.4. The first kappa shape index (κ1) is 46.2. The molecule has 0 fully saturated rings. The van der Waals surface area contributed by atoms with E-state index >= 15 is 0 Å². The molecule has 0 aromatic heterocycles. The van der Waals surface area contributed by atoms with Gasteiger partial charge in [-0.05, 0) is 125 Å². The molecule has 0 bridgehead atoms. The topological polar surface area (TPSA) is 128 Å². The predicted molar refractivity (Wildman–Crippen MR) is 172 cm³/mol. The first-order valence-electron chi connectivity index (χ1n) is 14.0. The Labute approximate surface area is 275 Å². The fourth-order valence-electron chi connectivity index (χ4n) is 2.07. The summed E-state index contributed by atoms with van der Waals surface area (Å²) >= 11 is 0. The summed E-state index contributed by atoms with van der Waals surface area (Å²) in [7, 11) is 0. The number of ketones is 6. The van der Waals surface area contributed by atoms with E-state index in [2.05, 4.69) is 0 Å². The average molecular weight is 728 g/mol. The van der Waals surface area contributed by atoms with Crippen molar-refractivity contribution >= 4 is 34.7 Å². The van der Waals surface area contributed by atoms with Gasteiger partial charge in [-0.25, -0.2) is 0 Å². The zero-order valence-corrected chi connectivity index (χ0v) is 30.9. The van der Waals surface area contributed by atoms with Crippen LogP contribution in [0.2, 0.25) is 0 Å². The van der Waals surface area contributed by atoms with Gasteiger partial charge < -0.3 is 0 Å². The molecule has 0 aliphatic heterocycles. The predicted octanol–water partition coefficient (Wildman–Crippen LogP) is 7.68. The molecule has 241 valence electrons. The molecular weight excluding hydrogens is 661 g/mol. The summed E-state index contributed by atoms with van der Waals surface area (Å²) in [6.07, 6.45) is 0.854. The maximum absolute atomic E-state index is 9.66. The van der Waals surface area contributed by atoms with E-state index in [4.69, 9.17) is 0 Å². The molecular formula is C33H66O6Tm+6. The maximum atomic E-state index is 9.66. The summed E-state index contributed by atoms with van der Waals surface area (Å²) < 4.78 is 0. The van der Waals surface area contributed by atoms with Crippen molar-refractivity contribution in [1.82, 2.24) is 0 Å². The smallest absolute Gasteiger partial charge is 0.282 e. The molecule has 6 nitrogen and oxygen atoms in total. The molecule has 0 heterocycles. The molecule has 40 heavy (non-hydrogen) atoms. The average Bonchev–Trinajstić information content (AvgIpc) is 2.64. The quantitative estimate of drug-likeness (QED) is 0.197. The summed E-state index contributed by atoms with van der Waals surface area (Å²) in [5.41, 5.74) is -1.50. The molecule has 0 saturated heterocycles. The fourth-order valence-corrected chi connectivity index (χ4v) is 2.07. The summed E-state index contributed by atoms with van der Waals surface area (Å²) in [4.78, 5) is 57.9. The van der Waals surface area contributed by atoms with Gasteiger partial charge in [0.1, 0.15) is 0 Å². The van der Waals surface area contributed by atoms with Crippen molar-refractivity contribution in [2.45, 2.75) is 144 Å². The van der Waals surface area contributed by atoms with Gasteiger partial charge in [0.25, 0.3) is 0 Å². The number of hydrogen-bond donors (Lipinski definition) is 0. The van der Waals surface area contributed by atoms with E-state index in [0.29, 0.717) is 34.7 Å². The van der Waals surface area contributed by atoms with Crippen LogP contribution in [0.3, 0.4) is 0 Å². The minimum atomic E-state index is -0.251. The van der Waals surface area contributed by atoms with E-state index in [-0.39, 0.29) is 88.6 Å². The Morgan fingerprint density at radius 3 is 0.400 bits per heavy atom. The summed E-state index contributed by atoms with van der Waals surface area (Å²) in [6, 6.07) is 0. The number of hydrogen-bond acceptors (Lipinski definition) is 0.